The van der Waals surface area contributed by atoms with Gasteiger partial charge in [-0.15, -0.1) is 0 Å². The number of hydrogen-bond donors (Lipinski definition) is 1. The Balaban J connectivity index is 3.07. The van der Waals surface area contributed by atoms with Crippen molar-refractivity contribution in [2.75, 3.05) is 19.7 Å². The van der Waals surface area contributed by atoms with Crippen molar-refractivity contribution in [1.82, 2.24) is 5.32 Å². The fourth-order valence-corrected chi connectivity index (χ4v) is 1.45. The molecule has 0 radical (unpaired) electrons. The highest BCUT2D eigenvalue weighted by atomic mass is 16.5. The summed E-state index contributed by atoms with van der Waals surface area (Å²) in [5.41, 5.74) is 0. The molecule has 0 saturated heterocycles. The van der Waals surface area contributed by atoms with Crippen molar-refractivity contribution < 1.29 is 4.74 Å². The Morgan fingerprint density at radius 3 is 2.57 bits per heavy atom. The average Bonchev–Trinajstić information content (AvgIpc) is 2.19. The Morgan fingerprint density at radius 2 is 1.93 bits per heavy atom. The van der Waals surface area contributed by atoms with Gasteiger partial charge in [-0.25, -0.2) is 0 Å². The average molecular weight is 201 g/mol. The van der Waals surface area contributed by atoms with Gasteiger partial charge in [0, 0.05) is 6.54 Å². The number of ether oxygens (including phenoxy) is 1. The maximum Gasteiger partial charge on any atom is 0.0594 e. The summed E-state index contributed by atoms with van der Waals surface area (Å²) in [5, 5.41) is 3.26. The van der Waals surface area contributed by atoms with Gasteiger partial charge in [0.15, 0.2) is 0 Å². The first-order valence-electron chi connectivity index (χ1n) is 6.13. The molecule has 0 aliphatic rings. The van der Waals surface area contributed by atoms with Crippen molar-refractivity contribution in [3.05, 3.63) is 0 Å². The smallest absolute Gasteiger partial charge is 0.0594 e. The minimum Gasteiger partial charge on any atom is -0.377 e. The topological polar surface area (TPSA) is 21.3 Å². The lowest BCUT2D eigenvalue weighted by atomic mass is 10.1. The van der Waals surface area contributed by atoms with Crippen LogP contribution in [0.2, 0.25) is 0 Å². The molecule has 0 heterocycles. The van der Waals surface area contributed by atoms with E-state index in [4.69, 9.17) is 4.74 Å². The molecule has 86 valence electrons. The van der Waals surface area contributed by atoms with Gasteiger partial charge in [0.1, 0.15) is 0 Å². The first-order chi connectivity index (χ1) is 6.81. The fraction of sp³-hybridized carbons (Fsp3) is 1.00. The van der Waals surface area contributed by atoms with Crippen LogP contribution in [0, 0.1) is 0 Å². The van der Waals surface area contributed by atoms with Crippen molar-refractivity contribution in [3.63, 3.8) is 0 Å². The molecule has 0 bridgehead atoms. The zero-order chi connectivity index (χ0) is 10.6. The molecule has 1 N–H and O–H groups in total. The zero-order valence-corrected chi connectivity index (χ0v) is 10.1. The van der Waals surface area contributed by atoms with Gasteiger partial charge in [-0.2, -0.15) is 0 Å². The summed E-state index contributed by atoms with van der Waals surface area (Å²) in [6.45, 7) is 9.41. The van der Waals surface area contributed by atoms with Crippen LogP contribution in [0.3, 0.4) is 0 Å². The second-order valence-electron chi connectivity index (χ2n) is 3.88. The lowest BCUT2D eigenvalue weighted by Gasteiger charge is -2.12. The second-order valence-corrected chi connectivity index (χ2v) is 3.88. The summed E-state index contributed by atoms with van der Waals surface area (Å²) < 4.78 is 5.66. The third-order valence-electron chi connectivity index (χ3n) is 2.40. The van der Waals surface area contributed by atoms with Crippen LogP contribution in [0.1, 0.15) is 52.9 Å². The molecule has 0 aliphatic heterocycles. The number of hydrogen-bond acceptors (Lipinski definition) is 2. The Hall–Kier alpha value is -0.0800. The van der Waals surface area contributed by atoms with Crippen LogP contribution in [-0.2, 0) is 4.74 Å². The van der Waals surface area contributed by atoms with E-state index in [0.29, 0.717) is 6.10 Å². The van der Waals surface area contributed by atoms with E-state index < -0.39 is 0 Å². The predicted octanol–water partition coefficient (Wildman–Crippen LogP) is 2.97. The highest BCUT2D eigenvalue weighted by Gasteiger charge is 2.00. The fourth-order valence-electron chi connectivity index (χ4n) is 1.45. The van der Waals surface area contributed by atoms with E-state index in [0.717, 1.165) is 19.7 Å². The monoisotopic (exact) mass is 201 g/mol. The van der Waals surface area contributed by atoms with Gasteiger partial charge < -0.3 is 10.1 Å². The molecule has 0 saturated carbocycles. The summed E-state index contributed by atoms with van der Waals surface area (Å²) in [4.78, 5) is 0. The van der Waals surface area contributed by atoms with E-state index in [1.54, 1.807) is 0 Å². The SMILES string of the molecule is CCCCCCC(C)OCCNCC. The molecular weight excluding hydrogens is 174 g/mol. The normalized spacial score (nSPS) is 13.1. The van der Waals surface area contributed by atoms with Gasteiger partial charge in [0.2, 0.25) is 0 Å². The molecule has 0 amide bonds. The molecular formula is C12H27NO. The van der Waals surface area contributed by atoms with Crippen molar-refractivity contribution in [2.45, 2.75) is 59.0 Å². The number of unbranched alkanes of at least 4 members (excludes halogenated alkanes) is 3. The van der Waals surface area contributed by atoms with Crippen molar-refractivity contribution >= 4 is 0 Å². The minimum absolute atomic E-state index is 0.436. The van der Waals surface area contributed by atoms with Crippen LogP contribution in [0.5, 0.6) is 0 Å². The molecule has 1 atom stereocenters. The molecule has 0 spiro atoms. The summed E-state index contributed by atoms with van der Waals surface area (Å²) in [6, 6.07) is 0. The van der Waals surface area contributed by atoms with E-state index in [9.17, 15) is 0 Å². The summed E-state index contributed by atoms with van der Waals surface area (Å²) in [7, 11) is 0. The molecule has 0 aromatic carbocycles. The van der Waals surface area contributed by atoms with Crippen LogP contribution in [-0.4, -0.2) is 25.8 Å². The molecule has 0 aliphatic carbocycles. The van der Waals surface area contributed by atoms with Gasteiger partial charge in [-0.1, -0.05) is 39.5 Å². The first-order valence-corrected chi connectivity index (χ1v) is 6.13. The second kappa shape index (κ2) is 11.0. The summed E-state index contributed by atoms with van der Waals surface area (Å²) in [5.74, 6) is 0. The minimum atomic E-state index is 0.436. The van der Waals surface area contributed by atoms with Crippen molar-refractivity contribution in [1.29, 1.82) is 0 Å². The molecule has 1 unspecified atom stereocenters. The Kier molecular flexibility index (Phi) is 10.9. The van der Waals surface area contributed by atoms with Gasteiger partial charge >= 0.3 is 0 Å². The largest absolute Gasteiger partial charge is 0.377 e. The van der Waals surface area contributed by atoms with E-state index in [1.165, 1.54) is 32.1 Å². The van der Waals surface area contributed by atoms with Crippen LogP contribution >= 0.6 is 0 Å². The van der Waals surface area contributed by atoms with Gasteiger partial charge in [-0.05, 0) is 19.9 Å². The maximum atomic E-state index is 5.66. The molecule has 2 nitrogen and oxygen atoms in total. The first kappa shape index (κ1) is 13.9. The molecule has 14 heavy (non-hydrogen) atoms. The standard InChI is InChI=1S/C12H27NO/c1-4-6-7-8-9-12(3)14-11-10-13-5-2/h12-13H,4-11H2,1-3H3. The highest BCUT2D eigenvalue weighted by molar-refractivity contribution is 4.52. The van der Waals surface area contributed by atoms with E-state index in [-0.39, 0.29) is 0 Å². The van der Waals surface area contributed by atoms with E-state index >= 15 is 0 Å². The molecule has 0 fully saturated rings. The summed E-state index contributed by atoms with van der Waals surface area (Å²) >= 11 is 0. The van der Waals surface area contributed by atoms with Crippen LogP contribution in [0.4, 0.5) is 0 Å². The highest BCUT2D eigenvalue weighted by Crippen LogP contribution is 2.07. The molecule has 0 rings (SSSR count). The lowest BCUT2D eigenvalue weighted by molar-refractivity contribution is 0.0606. The summed E-state index contributed by atoms with van der Waals surface area (Å²) in [6.07, 6.45) is 7.00. The number of likely N-dealkylation sites (N-methyl/N-ethyl adjacent to an activating group) is 1. The van der Waals surface area contributed by atoms with E-state index in [2.05, 4.69) is 26.1 Å². The molecule has 0 aromatic rings. The molecule has 2 heteroatoms. The lowest BCUT2D eigenvalue weighted by Crippen LogP contribution is -2.21. The van der Waals surface area contributed by atoms with Crippen LogP contribution in [0.15, 0.2) is 0 Å². The third kappa shape index (κ3) is 10.0. The van der Waals surface area contributed by atoms with Gasteiger partial charge in [0.05, 0.1) is 12.7 Å². The van der Waals surface area contributed by atoms with Crippen LogP contribution < -0.4 is 5.32 Å². The number of nitrogens with one attached hydrogen (secondary N) is 1. The maximum absolute atomic E-state index is 5.66. The Bertz CT molecular complexity index is 94.5. The zero-order valence-electron chi connectivity index (χ0n) is 10.1. The number of rotatable bonds is 10. The van der Waals surface area contributed by atoms with Gasteiger partial charge in [-0.3, -0.25) is 0 Å². The third-order valence-corrected chi connectivity index (χ3v) is 2.40. The Morgan fingerprint density at radius 1 is 1.14 bits per heavy atom. The van der Waals surface area contributed by atoms with Crippen molar-refractivity contribution in [2.24, 2.45) is 0 Å². The van der Waals surface area contributed by atoms with Crippen LogP contribution in [0.25, 0.3) is 0 Å². The molecule has 0 aromatic heterocycles. The quantitative estimate of drug-likeness (QED) is 0.549. The van der Waals surface area contributed by atoms with Gasteiger partial charge in [0.25, 0.3) is 0 Å². The van der Waals surface area contributed by atoms with Crippen molar-refractivity contribution in [3.8, 4) is 0 Å². The van der Waals surface area contributed by atoms with E-state index in [1.807, 2.05) is 0 Å². The predicted molar refractivity (Wildman–Crippen MR) is 62.7 cm³/mol. The Labute approximate surface area is 89.4 Å².